The zero-order chi connectivity index (χ0) is 15.8. The van der Waals surface area contributed by atoms with E-state index < -0.39 is 0 Å². The van der Waals surface area contributed by atoms with Crippen LogP contribution < -0.4 is 9.47 Å². The van der Waals surface area contributed by atoms with Crippen molar-refractivity contribution in [2.45, 2.75) is 19.6 Å². The van der Waals surface area contributed by atoms with Gasteiger partial charge in [0.05, 0.1) is 36.5 Å². The Bertz CT molecular complexity index is 593. The molecule has 2 aromatic rings. The predicted octanol–water partition coefficient (Wildman–Crippen LogP) is 4.19. The van der Waals surface area contributed by atoms with E-state index in [1.54, 1.807) is 24.5 Å². The third-order valence-electron chi connectivity index (χ3n) is 2.92. The summed E-state index contributed by atoms with van der Waals surface area (Å²) in [5.41, 5.74) is 0.595. The normalized spacial score (nSPS) is 10.5. The molecular formula is C17H20O4S. The van der Waals surface area contributed by atoms with Crippen LogP contribution in [0, 0.1) is 0 Å². The number of carbonyl (C=O) groups is 1. The SMILES string of the molecule is CCOc1ccc(C(=O)CSCc2ccco2)c(OCC)c1. The van der Waals surface area contributed by atoms with E-state index in [9.17, 15) is 4.79 Å². The summed E-state index contributed by atoms with van der Waals surface area (Å²) in [5, 5.41) is 0. The van der Waals surface area contributed by atoms with E-state index in [0.717, 1.165) is 5.76 Å². The Labute approximate surface area is 134 Å². The molecule has 1 aromatic heterocycles. The number of carbonyl (C=O) groups excluding carboxylic acids is 1. The molecule has 2 rings (SSSR count). The van der Waals surface area contributed by atoms with Crippen LogP contribution in [0.4, 0.5) is 0 Å². The molecule has 0 bridgehead atoms. The van der Waals surface area contributed by atoms with E-state index in [-0.39, 0.29) is 5.78 Å². The van der Waals surface area contributed by atoms with Gasteiger partial charge in [0, 0.05) is 6.07 Å². The molecule has 0 radical (unpaired) electrons. The average molecular weight is 320 g/mol. The third kappa shape index (κ3) is 4.56. The minimum absolute atomic E-state index is 0.0445. The molecule has 0 fully saturated rings. The highest BCUT2D eigenvalue weighted by atomic mass is 32.2. The van der Waals surface area contributed by atoms with Crippen molar-refractivity contribution in [1.82, 2.24) is 0 Å². The first-order valence-corrected chi connectivity index (χ1v) is 8.43. The van der Waals surface area contributed by atoms with Crippen LogP contribution in [-0.4, -0.2) is 24.7 Å². The molecule has 1 heterocycles. The van der Waals surface area contributed by atoms with Crippen molar-refractivity contribution in [3.8, 4) is 11.5 Å². The lowest BCUT2D eigenvalue weighted by Gasteiger charge is -2.11. The van der Waals surface area contributed by atoms with Crippen molar-refractivity contribution in [2.24, 2.45) is 0 Å². The van der Waals surface area contributed by atoms with Gasteiger partial charge in [-0.15, -0.1) is 11.8 Å². The topological polar surface area (TPSA) is 48.7 Å². The molecule has 118 valence electrons. The first-order valence-electron chi connectivity index (χ1n) is 7.27. The molecular weight excluding hydrogens is 300 g/mol. The first kappa shape index (κ1) is 16.5. The molecule has 0 saturated carbocycles. The van der Waals surface area contributed by atoms with Crippen LogP contribution in [0.1, 0.15) is 30.0 Å². The number of hydrogen-bond acceptors (Lipinski definition) is 5. The fraction of sp³-hybridized carbons (Fsp3) is 0.353. The van der Waals surface area contributed by atoms with Crippen molar-refractivity contribution in [3.05, 3.63) is 47.9 Å². The number of furan rings is 1. The Balaban J connectivity index is 2.00. The van der Waals surface area contributed by atoms with Crippen LogP contribution in [0.25, 0.3) is 0 Å². The van der Waals surface area contributed by atoms with Gasteiger partial charge in [0.2, 0.25) is 0 Å². The monoisotopic (exact) mass is 320 g/mol. The Morgan fingerprint density at radius 3 is 2.68 bits per heavy atom. The third-order valence-corrected chi connectivity index (χ3v) is 3.88. The smallest absolute Gasteiger partial charge is 0.176 e. The summed E-state index contributed by atoms with van der Waals surface area (Å²) in [6.07, 6.45) is 1.64. The molecule has 0 amide bonds. The number of ether oxygens (including phenoxy) is 2. The van der Waals surface area contributed by atoms with Gasteiger partial charge in [-0.3, -0.25) is 4.79 Å². The van der Waals surface area contributed by atoms with Gasteiger partial charge in [-0.25, -0.2) is 0 Å². The molecule has 1 aromatic carbocycles. The zero-order valence-electron chi connectivity index (χ0n) is 12.8. The summed E-state index contributed by atoms with van der Waals surface area (Å²) >= 11 is 1.53. The molecule has 0 aliphatic carbocycles. The molecule has 22 heavy (non-hydrogen) atoms. The van der Waals surface area contributed by atoms with Crippen LogP contribution in [0.5, 0.6) is 11.5 Å². The largest absolute Gasteiger partial charge is 0.494 e. The summed E-state index contributed by atoms with van der Waals surface area (Å²) in [6, 6.07) is 9.09. The van der Waals surface area contributed by atoms with Crippen molar-refractivity contribution < 1.29 is 18.7 Å². The lowest BCUT2D eigenvalue weighted by Crippen LogP contribution is -2.07. The fourth-order valence-corrected chi connectivity index (χ4v) is 2.79. The minimum atomic E-state index is 0.0445. The van der Waals surface area contributed by atoms with Crippen molar-refractivity contribution in [2.75, 3.05) is 19.0 Å². The summed E-state index contributed by atoms with van der Waals surface area (Å²) in [5.74, 6) is 3.27. The molecule has 5 heteroatoms. The molecule has 0 unspecified atom stereocenters. The van der Waals surface area contributed by atoms with E-state index >= 15 is 0 Å². The number of ketones is 1. The van der Waals surface area contributed by atoms with Gasteiger partial charge in [0.1, 0.15) is 17.3 Å². The molecule has 0 spiro atoms. The maximum atomic E-state index is 12.4. The lowest BCUT2D eigenvalue weighted by molar-refractivity contribution is 0.101. The zero-order valence-corrected chi connectivity index (χ0v) is 13.7. The lowest BCUT2D eigenvalue weighted by atomic mass is 10.1. The van der Waals surface area contributed by atoms with Gasteiger partial charge in [-0.1, -0.05) is 0 Å². The quantitative estimate of drug-likeness (QED) is 0.648. The number of thioether (sulfide) groups is 1. The Hall–Kier alpha value is -1.88. The molecule has 0 atom stereocenters. The second kappa shape index (κ2) is 8.54. The maximum Gasteiger partial charge on any atom is 0.176 e. The summed E-state index contributed by atoms with van der Waals surface area (Å²) < 4.78 is 16.3. The van der Waals surface area contributed by atoms with Crippen LogP contribution in [0.3, 0.4) is 0 Å². The van der Waals surface area contributed by atoms with E-state index in [0.29, 0.717) is 41.8 Å². The van der Waals surface area contributed by atoms with Gasteiger partial charge in [0.25, 0.3) is 0 Å². The second-order valence-corrected chi connectivity index (χ2v) is 5.50. The van der Waals surface area contributed by atoms with Gasteiger partial charge in [-0.05, 0) is 38.1 Å². The maximum absolute atomic E-state index is 12.4. The van der Waals surface area contributed by atoms with Crippen LogP contribution in [0.15, 0.2) is 41.0 Å². The average Bonchev–Trinajstić information content (AvgIpc) is 3.01. The standard InChI is InChI=1S/C17H20O4S/c1-3-19-13-7-8-15(17(10-13)20-4-2)16(18)12-22-11-14-6-5-9-21-14/h5-10H,3-4,11-12H2,1-2H3. The fourth-order valence-electron chi connectivity index (χ4n) is 1.98. The van der Waals surface area contributed by atoms with E-state index in [2.05, 4.69) is 0 Å². The second-order valence-electron chi connectivity index (χ2n) is 4.52. The number of hydrogen-bond donors (Lipinski definition) is 0. The Morgan fingerprint density at radius 1 is 1.18 bits per heavy atom. The highest BCUT2D eigenvalue weighted by molar-refractivity contribution is 7.99. The minimum Gasteiger partial charge on any atom is -0.494 e. The molecule has 0 saturated heterocycles. The van der Waals surface area contributed by atoms with E-state index in [1.165, 1.54) is 11.8 Å². The van der Waals surface area contributed by atoms with E-state index in [1.807, 2.05) is 26.0 Å². The highest BCUT2D eigenvalue weighted by Crippen LogP contribution is 2.27. The van der Waals surface area contributed by atoms with Crippen LogP contribution >= 0.6 is 11.8 Å². The van der Waals surface area contributed by atoms with Gasteiger partial charge >= 0.3 is 0 Å². The molecule has 4 nitrogen and oxygen atoms in total. The highest BCUT2D eigenvalue weighted by Gasteiger charge is 2.14. The van der Waals surface area contributed by atoms with Crippen LogP contribution in [-0.2, 0) is 5.75 Å². The molecule has 0 N–H and O–H groups in total. The number of Topliss-reactive ketones (excluding diaryl/α,β-unsaturated/α-hetero) is 1. The van der Waals surface area contributed by atoms with Gasteiger partial charge in [-0.2, -0.15) is 0 Å². The molecule has 0 aliphatic heterocycles. The Kier molecular flexibility index (Phi) is 6.40. The number of rotatable bonds is 9. The van der Waals surface area contributed by atoms with Crippen LogP contribution in [0.2, 0.25) is 0 Å². The van der Waals surface area contributed by atoms with Crippen molar-refractivity contribution >= 4 is 17.5 Å². The Morgan fingerprint density at radius 2 is 2.00 bits per heavy atom. The van der Waals surface area contributed by atoms with Gasteiger partial charge in [0.15, 0.2) is 5.78 Å². The molecule has 0 aliphatic rings. The predicted molar refractivity (Wildman–Crippen MR) is 88.0 cm³/mol. The number of benzene rings is 1. The summed E-state index contributed by atoms with van der Waals surface area (Å²) in [4.78, 5) is 12.4. The summed E-state index contributed by atoms with van der Waals surface area (Å²) in [7, 11) is 0. The van der Waals surface area contributed by atoms with E-state index in [4.69, 9.17) is 13.9 Å². The first-order chi connectivity index (χ1) is 10.7. The summed E-state index contributed by atoms with van der Waals surface area (Å²) in [6.45, 7) is 4.91. The van der Waals surface area contributed by atoms with Crippen molar-refractivity contribution in [1.29, 1.82) is 0 Å². The van der Waals surface area contributed by atoms with Gasteiger partial charge < -0.3 is 13.9 Å². The van der Waals surface area contributed by atoms with Crippen molar-refractivity contribution in [3.63, 3.8) is 0 Å².